The molecule has 0 bridgehead atoms. The Labute approximate surface area is 91.3 Å². The molecule has 0 aliphatic heterocycles. The number of nitrogens with two attached hydrogens (primary N) is 1. The van der Waals surface area contributed by atoms with Crippen molar-refractivity contribution in [1.82, 2.24) is 19.9 Å². The van der Waals surface area contributed by atoms with Crippen LogP contribution in [-0.2, 0) is 0 Å². The summed E-state index contributed by atoms with van der Waals surface area (Å²) < 4.78 is 0. The van der Waals surface area contributed by atoms with E-state index >= 15 is 0 Å². The first-order valence-corrected chi connectivity index (χ1v) is 5.49. The molecule has 0 radical (unpaired) electrons. The van der Waals surface area contributed by atoms with Gasteiger partial charge in [-0.2, -0.15) is 4.98 Å². The Morgan fingerprint density at radius 2 is 1.94 bits per heavy atom. The normalized spacial score (nSPS) is 17.2. The summed E-state index contributed by atoms with van der Waals surface area (Å²) >= 11 is 0. The summed E-state index contributed by atoms with van der Waals surface area (Å²) in [5.74, 6) is 1.42. The van der Waals surface area contributed by atoms with Crippen LogP contribution >= 0.6 is 0 Å². The molecule has 4 N–H and O–H groups in total. The Bertz CT molecular complexity index is 578. The maximum Gasteiger partial charge on any atom is 0.278 e. The van der Waals surface area contributed by atoms with Gasteiger partial charge in [-0.05, 0) is 12.8 Å². The van der Waals surface area contributed by atoms with Crippen LogP contribution in [0.4, 0.5) is 5.95 Å². The average Bonchev–Trinajstić information content (AvgIpc) is 2.82. The Balaban J connectivity index is 2.15. The van der Waals surface area contributed by atoms with E-state index in [0.717, 1.165) is 18.7 Å². The van der Waals surface area contributed by atoms with Crippen molar-refractivity contribution in [1.29, 1.82) is 0 Å². The molecule has 2 aromatic rings. The Morgan fingerprint density at radius 1 is 1.19 bits per heavy atom. The maximum absolute atomic E-state index is 11.6. The summed E-state index contributed by atoms with van der Waals surface area (Å²) in [6, 6.07) is 0. The van der Waals surface area contributed by atoms with Crippen LogP contribution < -0.4 is 11.3 Å². The minimum atomic E-state index is -0.251. The molecule has 6 heteroatoms. The molecule has 0 saturated heterocycles. The number of rotatable bonds is 1. The summed E-state index contributed by atoms with van der Waals surface area (Å²) in [5, 5.41) is 0. The topological polar surface area (TPSA) is 100 Å². The van der Waals surface area contributed by atoms with E-state index < -0.39 is 0 Å². The predicted octanol–water partition coefficient (Wildman–Crippen LogP) is 0.886. The van der Waals surface area contributed by atoms with Crippen LogP contribution in [0.3, 0.4) is 0 Å². The molecule has 1 aliphatic rings. The first kappa shape index (κ1) is 9.38. The molecular formula is C10H13N5O. The molecule has 1 fully saturated rings. The molecule has 0 unspecified atom stereocenters. The van der Waals surface area contributed by atoms with Crippen LogP contribution in [0.5, 0.6) is 0 Å². The van der Waals surface area contributed by atoms with Crippen molar-refractivity contribution in [2.75, 3.05) is 5.73 Å². The van der Waals surface area contributed by atoms with Gasteiger partial charge in [0.1, 0.15) is 5.82 Å². The third-order valence-electron chi connectivity index (χ3n) is 3.14. The van der Waals surface area contributed by atoms with Gasteiger partial charge in [-0.15, -0.1) is 0 Å². The van der Waals surface area contributed by atoms with Crippen LogP contribution in [0.15, 0.2) is 4.79 Å². The van der Waals surface area contributed by atoms with E-state index in [1.807, 2.05) is 0 Å². The van der Waals surface area contributed by atoms with Crippen LogP contribution in [0, 0.1) is 0 Å². The van der Waals surface area contributed by atoms with Gasteiger partial charge in [-0.3, -0.25) is 9.78 Å². The number of aromatic amines is 2. The zero-order chi connectivity index (χ0) is 11.1. The van der Waals surface area contributed by atoms with E-state index in [1.54, 1.807) is 0 Å². The second-order valence-electron chi connectivity index (χ2n) is 4.25. The molecule has 1 aliphatic carbocycles. The van der Waals surface area contributed by atoms with E-state index in [-0.39, 0.29) is 11.5 Å². The number of hydrogen-bond donors (Lipinski definition) is 3. The summed E-state index contributed by atoms with van der Waals surface area (Å²) in [7, 11) is 0. The van der Waals surface area contributed by atoms with Crippen molar-refractivity contribution >= 4 is 17.1 Å². The van der Waals surface area contributed by atoms with Gasteiger partial charge in [0.15, 0.2) is 11.2 Å². The first-order valence-electron chi connectivity index (χ1n) is 5.49. The second kappa shape index (κ2) is 3.33. The largest absolute Gasteiger partial charge is 0.369 e. The lowest BCUT2D eigenvalue weighted by Crippen LogP contribution is -2.10. The number of H-pyrrole nitrogens is 2. The summed E-state index contributed by atoms with van der Waals surface area (Å²) in [6.45, 7) is 0. The molecule has 1 saturated carbocycles. The number of nitrogen functional groups attached to an aromatic ring is 1. The van der Waals surface area contributed by atoms with Gasteiger partial charge in [-0.1, -0.05) is 12.8 Å². The predicted molar refractivity (Wildman–Crippen MR) is 60.1 cm³/mol. The zero-order valence-electron chi connectivity index (χ0n) is 8.79. The lowest BCUT2D eigenvalue weighted by Gasteiger charge is -2.02. The molecule has 3 rings (SSSR count). The lowest BCUT2D eigenvalue weighted by atomic mass is 10.1. The summed E-state index contributed by atoms with van der Waals surface area (Å²) in [5.41, 5.74) is 6.06. The van der Waals surface area contributed by atoms with E-state index in [0.29, 0.717) is 17.1 Å². The minimum absolute atomic E-state index is 0.113. The third-order valence-corrected chi connectivity index (χ3v) is 3.14. The van der Waals surface area contributed by atoms with Crippen LogP contribution in [-0.4, -0.2) is 19.9 Å². The van der Waals surface area contributed by atoms with Gasteiger partial charge in [0, 0.05) is 5.92 Å². The number of imidazole rings is 1. The van der Waals surface area contributed by atoms with Gasteiger partial charge in [-0.25, -0.2) is 4.98 Å². The fraction of sp³-hybridized carbons (Fsp3) is 0.500. The van der Waals surface area contributed by atoms with Crippen molar-refractivity contribution < 1.29 is 0 Å². The van der Waals surface area contributed by atoms with Crippen molar-refractivity contribution in [3.05, 3.63) is 16.2 Å². The Hall–Kier alpha value is -1.85. The fourth-order valence-corrected chi connectivity index (χ4v) is 2.33. The standard InChI is InChI=1S/C10H13N5O/c11-10-14-8-6(9(16)15-10)12-7(13-8)5-3-1-2-4-5/h5H,1-4H2,(H4,11,12,13,14,15,16). The first-order chi connectivity index (χ1) is 7.74. The number of hydrogen-bond acceptors (Lipinski definition) is 4. The van der Waals surface area contributed by atoms with E-state index in [1.165, 1.54) is 12.8 Å². The second-order valence-corrected chi connectivity index (χ2v) is 4.25. The molecule has 84 valence electrons. The SMILES string of the molecule is Nc1nc2nc(C3CCCC3)[nH]c2c(=O)[nH]1. The number of aromatic nitrogens is 4. The minimum Gasteiger partial charge on any atom is -0.369 e. The number of anilines is 1. The Kier molecular flexibility index (Phi) is 1.95. The highest BCUT2D eigenvalue weighted by Gasteiger charge is 2.21. The molecule has 6 nitrogen and oxygen atoms in total. The number of fused-ring (bicyclic) bond motifs is 1. The summed E-state index contributed by atoms with van der Waals surface area (Å²) in [4.78, 5) is 25.5. The molecule has 2 aromatic heterocycles. The summed E-state index contributed by atoms with van der Waals surface area (Å²) in [6.07, 6.45) is 4.72. The zero-order valence-corrected chi connectivity index (χ0v) is 8.79. The van der Waals surface area contributed by atoms with Gasteiger partial charge >= 0.3 is 0 Å². The maximum atomic E-state index is 11.6. The van der Waals surface area contributed by atoms with Crippen LogP contribution in [0.1, 0.15) is 37.4 Å². The monoisotopic (exact) mass is 219 g/mol. The van der Waals surface area contributed by atoms with Crippen molar-refractivity contribution in [2.24, 2.45) is 0 Å². The van der Waals surface area contributed by atoms with Gasteiger partial charge in [0.25, 0.3) is 5.56 Å². The molecular weight excluding hydrogens is 206 g/mol. The Morgan fingerprint density at radius 3 is 2.69 bits per heavy atom. The van der Waals surface area contributed by atoms with Crippen molar-refractivity contribution in [3.8, 4) is 0 Å². The molecule has 2 heterocycles. The third kappa shape index (κ3) is 1.37. The smallest absolute Gasteiger partial charge is 0.278 e. The molecule has 16 heavy (non-hydrogen) atoms. The van der Waals surface area contributed by atoms with Crippen LogP contribution in [0.25, 0.3) is 11.2 Å². The molecule has 0 atom stereocenters. The highest BCUT2D eigenvalue weighted by atomic mass is 16.1. The molecule has 0 spiro atoms. The lowest BCUT2D eigenvalue weighted by molar-refractivity contribution is 0.681. The quantitative estimate of drug-likeness (QED) is 0.662. The van der Waals surface area contributed by atoms with E-state index in [2.05, 4.69) is 19.9 Å². The molecule has 0 aromatic carbocycles. The van der Waals surface area contributed by atoms with Crippen molar-refractivity contribution in [2.45, 2.75) is 31.6 Å². The number of nitrogens with zero attached hydrogens (tertiary/aromatic N) is 2. The highest BCUT2D eigenvalue weighted by Crippen LogP contribution is 2.32. The fourth-order valence-electron chi connectivity index (χ4n) is 2.33. The average molecular weight is 219 g/mol. The van der Waals surface area contributed by atoms with Gasteiger partial charge in [0.2, 0.25) is 5.95 Å². The van der Waals surface area contributed by atoms with Gasteiger partial charge in [0.05, 0.1) is 0 Å². The van der Waals surface area contributed by atoms with Crippen LogP contribution in [0.2, 0.25) is 0 Å². The highest BCUT2D eigenvalue weighted by molar-refractivity contribution is 5.70. The molecule has 0 amide bonds. The van der Waals surface area contributed by atoms with Crippen molar-refractivity contribution in [3.63, 3.8) is 0 Å². The van der Waals surface area contributed by atoms with E-state index in [9.17, 15) is 4.79 Å². The number of nitrogens with one attached hydrogen (secondary N) is 2. The van der Waals surface area contributed by atoms with E-state index in [4.69, 9.17) is 5.73 Å². The van der Waals surface area contributed by atoms with Gasteiger partial charge < -0.3 is 10.7 Å².